The van der Waals surface area contributed by atoms with Crippen LogP contribution in [-0.4, -0.2) is 22.3 Å². The number of hydrogen-bond donors (Lipinski definition) is 2. The Hall–Kier alpha value is -3.26. The van der Waals surface area contributed by atoms with E-state index in [1.54, 1.807) is 6.08 Å². The van der Waals surface area contributed by atoms with Crippen LogP contribution in [0, 0.1) is 11.6 Å². The summed E-state index contributed by atoms with van der Waals surface area (Å²) in [5, 5.41) is 8.63. The molecule has 8 heteroatoms. The lowest BCUT2D eigenvalue weighted by molar-refractivity contribution is -0.113. The molecular weight excluding hydrogens is 390 g/mol. The summed E-state index contributed by atoms with van der Waals surface area (Å²) in [6.07, 6.45) is 5.63. The number of carbonyl (C=O) groups excluding carboxylic acids is 1. The van der Waals surface area contributed by atoms with Crippen LogP contribution in [0.15, 0.2) is 42.5 Å². The van der Waals surface area contributed by atoms with Gasteiger partial charge in [0.25, 0.3) is 0 Å². The van der Waals surface area contributed by atoms with Crippen molar-refractivity contribution in [1.29, 1.82) is 0 Å². The standard InChI is InChI=1S/C22H22F2N4O2/c23-15-9-14(10-16(24)11-15)13-26-17-4-6-20-18(12-17)19(5-7-21(25)29)27-28(20)22-3-1-2-8-30-22/h4-7,9-12,22,26H,1-3,8,13H2,(H2,25,29)/b7-5+. The van der Waals surface area contributed by atoms with E-state index in [0.29, 0.717) is 17.9 Å². The molecule has 0 saturated carbocycles. The van der Waals surface area contributed by atoms with Crippen molar-refractivity contribution in [2.75, 3.05) is 11.9 Å². The molecular formula is C22H22F2N4O2. The van der Waals surface area contributed by atoms with Gasteiger partial charge in [-0.2, -0.15) is 5.10 Å². The summed E-state index contributed by atoms with van der Waals surface area (Å²) in [6.45, 7) is 0.939. The molecule has 1 fully saturated rings. The van der Waals surface area contributed by atoms with Crippen molar-refractivity contribution in [3.63, 3.8) is 0 Å². The molecule has 1 unspecified atom stereocenters. The number of hydrogen-bond acceptors (Lipinski definition) is 4. The first-order valence-corrected chi connectivity index (χ1v) is 9.80. The fourth-order valence-electron chi connectivity index (χ4n) is 3.61. The summed E-state index contributed by atoms with van der Waals surface area (Å²) < 4.78 is 34.5. The van der Waals surface area contributed by atoms with E-state index in [9.17, 15) is 13.6 Å². The highest BCUT2D eigenvalue weighted by Gasteiger charge is 2.20. The van der Waals surface area contributed by atoms with E-state index >= 15 is 0 Å². The van der Waals surface area contributed by atoms with Gasteiger partial charge in [0.1, 0.15) is 11.6 Å². The quantitative estimate of drug-likeness (QED) is 0.597. The third-order valence-corrected chi connectivity index (χ3v) is 4.99. The van der Waals surface area contributed by atoms with Crippen LogP contribution < -0.4 is 11.1 Å². The van der Waals surface area contributed by atoms with E-state index in [4.69, 9.17) is 10.5 Å². The molecule has 30 heavy (non-hydrogen) atoms. The molecule has 1 amide bonds. The molecule has 3 aromatic rings. The molecule has 3 N–H and O–H groups in total. The third-order valence-electron chi connectivity index (χ3n) is 4.99. The minimum absolute atomic E-state index is 0.161. The van der Waals surface area contributed by atoms with Crippen LogP contribution in [0.2, 0.25) is 0 Å². The molecule has 6 nitrogen and oxygen atoms in total. The number of primary amides is 1. The predicted molar refractivity (Wildman–Crippen MR) is 110 cm³/mol. The number of carbonyl (C=O) groups is 1. The van der Waals surface area contributed by atoms with Gasteiger partial charge in [-0.05, 0) is 61.2 Å². The zero-order valence-corrected chi connectivity index (χ0v) is 16.3. The molecule has 4 rings (SSSR count). The number of anilines is 1. The van der Waals surface area contributed by atoms with Crippen molar-refractivity contribution < 1.29 is 18.3 Å². The van der Waals surface area contributed by atoms with Gasteiger partial charge in [0.05, 0.1) is 11.2 Å². The predicted octanol–water partition coefficient (Wildman–Crippen LogP) is 4.12. The Morgan fingerprint density at radius 2 is 2.03 bits per heavy atom. The fourth-order valence-corrected chi connectivity index (χ4v) is 3.61. The van der Waals surface area contributed by atoms with Crippen LogP contribution in [0.5, 0.6) is 0 Å². The van der Waals surface area contributed by atoms with Crippen LogP contribution in [0.25, 0.3) is 17.0 Å². The average molecular weight is 412 g/mol. The molecule has 1 aliphatic rings. The Kier molecular flexibility index (Phi) is 5.76. The molecule has 1 aromatic heterocycles. The molecule has 2 heterocycles. The monoisotopic (exact) mass is 412 g/mol. The Balaban J connectivity index is 1.65. The molecule has 0 spiro atoms. The lowest BCUT2D eigenvalue weighted by Gasteiger charge is -2.23. The van der Waals surface area contributed by atoms with E-state index in [2.05, 4.69) is 10.4 Å². The number of nitrogens with zero attached hydrogens (tertiary/aromatic N) is 2. The number of rotatable bonds is 6. The first kappa shape index (κ1) is 20.0. The minimum Gasteiger partial charge on any atom is -0.381 e. The highest BCUT2D eigenvalue weighted by Crippen LogP contribution is 2.30. The zero-order valence-electron chi connectivity index (χ0n) is 16.3. The van der Waals surface area contributed by atoms with Gasteiger partial charge in [-0.15, -0.1) is 0 Å². The van der Waals surface area contributed by atoms with E-state index in [-0.39, 0.29) is 12.8 Å². The highest BCUT2D eigenvalue weighted by molar-refractivity contribution is 5.95. The van der Waals surface area contributed by atoms with Crippen LogP contribution in [0.4, 0.5) is 14.5 Å². The Labute approximate surface area is 172 Å². The van der Waals surface area contributed by atoms with Crippen LogP contribution in [0.1, 0.15) is 36.7 Å². The molecule has 1 aliphatic heterocycles. The molecule has 156 valence electrons. The maximum Gasteiger partial charge on any atom is 0.241 e. The van der Waals surface area contributed by atoms with E-state index in [1.165, 1.54) is 18.2 Å². The number of aromatic nitrogens is 2. The molecule has 2 aromatic carbocycles. The summed E-state index contributed by atoms with van der Waals surface area (Å²) in [6, 6.07) is 9.09. The smallest absolute Gasteiger partial charge is 0.241 e. The number of nitrogens with two attached hydrogens (primary N) is 1. The Morgan fingerprint density at radius 1 is 1.23 bits per heavy atom. The van der Waals surface area contributed by atoms with Crippen LogP contribution in [-0.2, 0) is 16.1 Å². The van der Waals surface area contributed by atoms with Crippen molar-refractivity contribution >= 4 is 28.6 Å². The SMILES string of the molecule is NC(=O)/C=C/c1nn(C2CCCCO2)c2ccc(NCc3cc(F)cc(F)c3)cc12. The maximum absolute atomic E-state index is 13.4. The Bertz CT molecular complexity index is 1080. The van der Waals surface area contributed by atoms with Crippen LogP contribution in [0.3, 0.4) is 0 Å². The van der Waals surface area contributed by atoms with Gasteiger partial charge in [-0.25, -0.2) is 13.5 Å². The van der Waals surface area contributed by atoms with Crippen molar-refractivity contribution in [3.05, 3.63) is 65.4 Å². The normalized spacial score (nSPS) is 16.9. The molecule has 1 saturated heterocycles. The molecule has 1 atom stereocenters. The average Bonchev–Trinajstić information content (AvgIpc) is 3.09. The fraction of sp³-hybridized carbons (Fsp3) is 0.273. The summed E-state index contributed by atoms with van der Waals surface area (Å²) in [4.78, 5) is 11.2. The van der Waals surface area contributed by atoms with E-state index in [0.717, 1.165) is 41.9 Å². The lowest BCUT2D eigenvalue weighted by atomic mass is 10.1. The zero-order chi connectivity index (χ0) is 21.1. The number of nitrogens with one attached hydrogen (secondary N) is 1. The second-order valence-corrected chi connectivity index (χ2v) is 7.25. The van der Waals surface area contributed by atoms with Gasteiger partial charge in [0.2, 0.25) is 5.91 Å². The van der Waals surface area contributed by atoms with Crippen molar-refractivity contribution in [3.8, 4) is 0 Å². The topological polar surface area (TPSA) is 82.2 Å². The van der Waals surface area contributed by atoms with Gasteiger partial charge in [-0.1, -0.05) is 0 Å². The minimum atomic E-state index is -0.616. The third kappa shape index (κ3) is 4.49. The van der Waals surface area contributed by atoms with Crippen molar-refractivity contribution in [2.45, 2.75) is 32.0 Å². The van der Waals surface area contributed by atoms with E-state index < -0.39 is 17.5 Å². The second kappa shape index (κ2) is 8.62. The highest BCUT2D eigenvalue weighted by atomic mass is 19.1. The van der Waals surface area contributed by atoms with Gasteiger partial charge in [-0.3, -0.25) is 4.79 Å². The van der Waals surface area contributed by atoms with Gasteiger partial charge in [0, 0.05) is 36.4 Å². The molecule has 0 bridgehead atoms. The number of halogens is 2. The van der Waals surface area contributed by atoms with Crippen molar-refractivity contribution in [2.24, 2.45) is 5.73 Å². The summed E-state index contributed by atoms with van der Waals surface area (Å²) >= 11 is 0. The first-order chi connectivity index (χ1) is 14.5. The van der Waals surface area contributed by atoms with Gasteiger partial charge < -0.3 is 15.8 Å². The number of ether oxygens (including phenoxy) is 1. The van der Waals surface area contributed by atoms with Gasteiger partial charge in [0.15, 0.2) is 6.23 Å². The maximum atomic E-state index is 13.4. The summed E-state index contributed by atoms with van der Waals surface area (Å²) in [5.74, 6) is -1.79. The molecule has 0 radical (unpaired) electrons. The molecule has 0 aliphatic carbocycles. The number of amides is 1. The lowest BCUT2D eigenvalue weighted by Crippen LogP contribution is -2.19. The van der Waals surface area contributed by atoms with Gasteiger partial charge >= 0.3 is 0 Å². The first-order valence-electron chi connectivity index (χ1n) is 9.80. The van der Waals surface area contributed by atoms with Crippen LogP contribution >= 0.6 is 0 Å². The largest absolute Gasteiger partial charge is 0.381 e. The number of fused-ring (bicyclic) bond motifs is 1. The Morgan fingerprint density at radius 3 is 2.73 bits per heavy atom. The second-order valence-electron chi connectivity index (χ2n) is 7.25. The number of benzene rings is 2. The summed E-state index contributed by atoms with van der Waals surface area (Å²) in [7, 11) is 0. The summed E-state index contributed by atoms with van der Waals surface area (Å²) in [5.41, 5.74) is 7.95. The van der Waals surface area contributed by atoms with E-state index in [1.807, 2.05) is 22.9 Å². The van der Waals surface area contributed by atoms with Crippen molar-refractivity contribution in [1.82, 2.24) is 9.78 Å².